The molecule has 0 aromatic heterocycles. The summed E-state index contributed by atoms with van der Waals surface area (Å²) in [5, 5.41) is 8.03. The predicted octanol–water partition coefficient (Wildman–Crippen LogP) is 5.85. The van der Waals surface area contributed by atoms with Crippen LogP contribution in [-0.4, -0.2) is 11.9 Å². The van der Waals surface area contributed by atoms with E-state index in [0.29, 0.717) is 22.0 Å². The van der Waals surface area contributed by atoms with E-state index in [1.54, 1.807) is 48.5 Å². The first kappa shape index (κ1) is 20.0. The highest BCUT2D eigenvalue weighted by molar-refractivity contribution is 6.30. The van der Waals surface area contributed by atoms with E-state index in [1.165, 1.54) is 12.1 Å². The lowest BCUT2D eigenvalue weighted by molar-refractivity contribution is -0.134. The van der Waals surface area contributed by atoms with Crippen molar-refractivity contribution >= 4 is 40.9 Å². The van der Waals surface area contributed by atoms with Crippen LogP contribution in [0.1, 0.15) is 15.9 Å². The summed E-state index contributed by atoms with van der Waals surface area (Å²) in [6.07, 6.45) is 2.98. The Labute approximate surface area is 172 Å². The molecule has 0 heterocycles. The highest BCUT2D eigenvalue weighted by Gasteiger charge is 2.04. The van der Waals surface area contributed by atoms with Crippen molar-refractivity contribution in [2.75, 3.05) is 5.48 Å². The second-order valence-electron chi connectivity index (χ2n) is 5.83. The van der Waals surface area contributed by atoms with Crippen molar-refractivity contribution in [2.24, 2.45) is 10.2 Å². The van der Waals surface area contributed by atoms with Gasteiger partial charge in [0.25, 0.3) is 5.91 Å². The molecule has 1 N–H and O–H groups in total. The van der Waals surface area contributed by atoms with Crippen molar-refractivity contribution in [3.8, 4) is 0 Å². The summed E-state index contributed by atoms with van der Waals surface area (Å²) in [6.45, 7) is 0. The third kappa shape index (κ3) is 6.41. The molecule has 0 bridgehead atoms. The minimum absolute atomic E-state index is 0.356. The van der Waals surface area contributed by atoms with Crippen LogP contribution in [0.15, 0.2) is 95.2 Å². The van der Waals surface area contributed by atoms with Crippen LogP contribution in [0.2, 0.25) is 5.02 Å². The van der Waals surface area contributed by atoms with Gasteiger partial charge in [0.05, 0.1) is 11.4 Å². The molecule has 0 atom stereocenters. The van der Waals surface area contributed by atoms with E-state index < -0.39 is 11.9 Å². The molecule has 3 aromatic carbocycles. The molecule has 0 saturated carbocycles. The van der Waals surface area contributed by atoms with Crippen molar-refractivity contribution in [2.45, 2.75) is 0 Å². The summed E-state index contributed by atoms with van der Waals surface area (Å²) in [7, 11) is 0. The molecule has 0 fully saturated rings. The summed E-state index contributed by atoms with van der Waals surface area (Å²) in [6, 6.07) is 22.4. The van der Waals surface area contributed by atoms with Crippen LogP contribution < -0.4 is 5.48 Å². The van der Waals surface area contributed by atoms with E-state index >= 15 is 0 Å². The van der Waals surface area contributed by atoms with Crippen molar-refractivity contribution in [1.29, 1.82) is 0 Å². The number of hydrogen-bond donors (Lipinski definition) is 1. The number of benzene rings is 3. The SMILES string of the molecule is O=C(C=Cc1ccccc1)ONc1ccc(N=NC(=O)c2cccc(Cl)c2)cc1. The number of nitrogens with one attached hydrogen (secondary N) is 1. The maximum absolute atomic E-state index is 12.0. The van der Waals surface area contributed by atoms with Gasteiger partial charge >= 0.3 is 5.97 Å². The van der Waals surface area contributed by atoms with Crippen LogP contribution in [0.5, 0.6) is 0 Å². The molecule has 3 rings (SSSR count). The first-order valence-electron chi connectivity index (χ1n) is 8.62. The van der Waals surface area contributed by atoms with Gasteiger partial charge in [0, 0.05) is 16.7 Å². The standard InChI is InChI=1S/C22H16ClN3O3/c23-18-8-4-7-17(15-18)22(28)25-24-19-10-12-20(13-11-19)26-29-21(27)14-9-16-5-2-1-3-6-16/h1-15,26H. The van der Waals surface area contributed by atoms with Gasteiger partial charge in [-0.25, -0.2) is 10.3 Å². The normalized spacial score (nSPS) is 10.9. The first-order valence-corrected chi connectivity index (χ1v) is 8.99. The number of carbonyl (C=O) groups is 2. The van der Waals surface area contributed by atoms with Crippen LogP contribution >= 0.6 is 11.6 Å². The summed E-state index contributed by atoms with van der Waals surface area (Å²) in [5.41, 5.74) is 4.82. The van der Waals surface area contributed by atoms with Crippen molar-refractivity contribution in [1.82, 2.24) is 0 Å². The van der Waals surface area contributed by atoms with Gasteiger partial charge in [-0.05, 0) is 54.1 Å². The van der Waals surface area contributed by atoms with Gasteiger partial charge in [0.2, 0.25) is 0 Å². The molecule has 0 aliphatic carbocycles. The molecule has 0 saturated heterocycles. The Hall–Kier alpha value is -3.77. The molecule has 0 unspecified atom stereocenters. The van der Waals surface area contributed by atoms with Crippen molar-refractivity contribution in [3.05, 3.63) is 101 Å². The molecule has 144 valence electrons. The number of nitrogens with zero attached hydrogens (tertiary/aromatic N) is 2. The molecular weight excluding hydrogens is 390 g/mol. The Bertz CT molecular complexity index is 1050. The van der Waals surface area contributed by atoms with Crippen LogP contribution in [0.4, 0.5) is 11.4 Å². The summed E-state index contributed by atoms with van der Waals surface area (Å²) < 4.78 is 0. The van der Waals surface area contributed by atoms with E-state index in [2.05, 4.69) is 15.7 Å². The Morgan fingerprint density at radius 2 is 1.69 bits per heavy atom. The molecule has 1 amide bonds. The highest BCUT2D eigenvalue weighted by atomic mass is 35.5. The molecular formula is C22H16ClN3O3. The number of hydrogen-bond acceptors (Lipinski definition) is 5. The average Bonchev–Trinajstić information content (AvgIpc) is 2.76. The summed E-state index contributed by atoms with van der Waals surface area (Å²) >= 11 is 5.85. The van der Waals surface area contributed by atoms with Gasteiger partial charge in [0.15, 0.2) is 0 Å². The van der Waals surface area contributed by atoms with Crippen molar-refractivity contribution in [3.63, 3.8) is 0 Å². The fraction of sp³-hybridized carbons (Fsp3) is 0. The molecule has 7 heteroatoms. The lowest BCUT2D eigenvalue weighted by atomic mass is 10.2. The van der Waals surface area contributed by atoms with Crippen LogP contribution in [0.25, 0.3) is 6.08 Å². The minimum atomic E-state index is -0.537. The maximum atomic E-state index is 12.0. The second kappa shape index (κ2) is 9.96. The Morgan fingerprint density at radius 3 is 2.41 bits per heavy atom. The molecule has 0 radical (unpaired) electrons. The fourth-order valence-corrected chi connectivity index (χ4v) is 2.44. The molecule has 0 aliphatic heterocycles. The molecule has 29 heavy (non-hydrogen) atoms. The quantitative estimate of drug-likeness (QED) is 0.317. The molecule has 3 aromatic rings. The van der Waals surface area contributed by atoms with Gasteiger partial charge in [-0.3, -0.25) is 4.79 Å². The van der Waals surface area contributed by atoms with E-state index in [0.717, 1.165) is 5.56 Å². The Balaban J connectivity index is 1.51. The number of amides is 1. The van der Waals surface area contributed by atoms with Crippen LogP contribution in [0.3, 0.4) is 0 Å². The largest absolute Gasteiger partial charge is 0.355 e. The lowest BCUT2D eigenvalue weighted by Crippen LogP contribution is -2.07. The second-order valence-corrected chi connectivity index (χ2v) is 6.27. The Morgan fingerprint density at radius 1 is 0.931 bits per heavy atom. The van der Waals surface area contributed by atoms with E-state index in [9.17, 15) is 9.59 Å². The summed E-state index contributed by atoms with van der Waals surface area (Å²) in [5.74, 6) is -1.03. The maximum Gasteiger partial charge on any atom is 0.355 e. The van der Waals surface area contributed by atoms with E-state index in [4.69, 9.17) is 16.4 Å². The smallest absolute Gasteiger partial charge is 0.339 e. The number of rotatable bonds is 6. The molecule has 0 aliphatic rings. The zero-order valence-corrected chi connectivity index (χ0v) is 15.9. The minimum Gasteiger partial charge on any atom is -0.339 e. The van der Waals surface area contributed by atoms with Crippen LogP contribution in [0, 0.1) is 0 Å². The van der Waals surface area contributed by atoms with Crippen LogP contribution in [-0.2, 0) is 9.63 Å². The zero-order valence-electron chi connectivity index (χ0n) is 15.2. The van der Waals surface area contributed by atoms with Crippen molar-refractivity contribution < 1.29 is 14.4 Å². The molecule has 6 nitrogen and oxygen atoms in total. The highest BCUT2D eigenvalue weighted by Crippen LogP contribution is 2.18. The van der Waals surface area contributed by atoms with E-state index in [1.807, 2.05) is 30.3 Å². The third-order valence-corrected chi connectivity index (χ3v) is 3.91. The monoisotopic (exact) mass is 405 g/mol. The van der Waals surface area contributed by atoms with Gasteiger partial charge < -0.3 is 4.84 Å². The fourth-order valence-electron chi connectivity index (χ4n) is 2.25. The average molecular weight is 406 g/mol. The van der Waals surface area contributed by atoms with Gasteiger partial charge in [-0.2, -0.15) is 0 Å². The number of carbonyl (C=O) groups excluding carboxylic acids is 2. The number of anilines is 1. The van der Waals surface area contributed by atoms with Gasteiger partial charge in [-0.1, -0.05) is 48.0 Å². The summed E-state index contributed by atoms with van der Waals surface area (Å²) in [4.78, 5) is 28.7. The third-order valence-electron chi connectivity index (χ3n) is 3.68. The van der Waals surface area contributed by atoms with Gasteiger partial charge in [0.1, 0.15) is 0 Å². The topological polar surface area (TPSA) is 80.1 Å². The van der Waals surface area contributed by atoms with E-state index in [-0.39, 0.29) is 0 Å². The first-order chi connectivity index (χ1) is 14.1. The lowest BCUT2D eigenvalue weighted by Gasteiger charge is -2.04. The predicted molar refractivity (Wildman–Crippen MR) is 112 cm³/mol. The van der Waals surface area contributed by atoms with Gasteiger partial charge in [-0.15, -0.1) is 10.2 Å². The molecule has 0 spiro atoms. The zero-order chi connectivity index (χ0) is 20.5. The Kier molecular flexibility index (Phi) is 6.86. The number of halogens is 1. The number of azo groups is 1.